The summed E-state index contributed by atoms with van der Waals surface area (Å²) in [5, 5.41) is 11.1. The number of carbonyl (C=O) groups is 2. The fourth-order valence-electron chi connectivity index (χ4n) is 4.15. The molecule has 4 N–H and O–H groups in total. The van der Waals surface area contributed by atoms with Gasteiger partial charge in [0.25, 0.3) is 0 Å². The highest BCUT2D eigenvalue weighted by Crippen LogP contribution is 2.30. The number of rotatable bonds is 5. The molecule has 3 amide bonds. The van der Waals surface area contributed by atoms with Crippen molar-refractivity contribution in [3.8, 4) is 11.1 Å². The Morgan fingerprint density at radius 1 is 1.06 bits per heavy atom. The molecule has 0 aliphatic carbocycles. The van der Waals surface area contributed by atoms with Crippen LogP contribution < -0.4 is 15.8 Å². The third-order valence-corrected chi connectivity index (χ3v) is 7.19. The number of urea groups is 1. The fraction of sp³-hybridized carbons (Fsp3) is 0.200. The molecule has 1 heterocycles. The molecule has 1 fully saturated rings. The van der Waals surface area contributed by atoms with E-state index in [0.717, 1.165) is 11.6 Å². The molecule has 1 saturated heterocycles. The van der Waals surface area contributed by atoms with Crippen LogP contribution in [0.5, 0.6) is 0 Å². The van der Waals surface area contributed by atoms with E-state index >= 15 is 0 Å². The van der Waals surface area contributed by atoms with Crippen molar-refractivity contribution < 1.29 is 22.4 Å². The molecule has 1 atom stereocenters. The van der Waals surface area contributed by atoms with Crippen molar-refractivity contribution in [3.63, 3.8) is 0 Å². The van der Waals surface area contributed by atoms with Crippen LogP contribution in [0.4, 0.5) is 20.6 Å². The fourth-order valence-corrected chi connectivity index (χ4v) is 5.08. The highest BCUT2D eigenvalue weighted by molar-refractivity contribution is 7.89. The van der Waals surface area contributed by atoms with E-state index in [4.69, 9.17) is 16.7 Å². The van der Waals surface area contributed by atoms with Crippen LogP contribution in [0.1, 0.15) is 18.4 Å². The highest BCUT2D eigenvalue weighted by Gasteiger charge is 2.34. The number of carbonyl (C=O) groups excluding carboxylic acids is 2. The molecule has 36 heavy (non-hydrogen) atoms. The number of nitrogens with zero attached hydrogens (tertiary/aromatic N) is 1. The number of primary sulfonamides is 1. The first-order valence-electron chi connectivity index (χ1n) is 11.1. The third kappa shape index (κ3) is 5.51. The lowest BCUT2D eigenvalue weighted by atomic mass is 10.0. The molecular formula is C25H24ClFN4O4S. The minimum absolute atomic E-state index is 0.0882. The monoisotopic (exact) mass is 530 g/mol. The van der Waals surface area contributed by atoms with Gasteiger partial charge in [-0.25, -0.2) is 22.7 Å². The minimum atomic E-state index is -4.02. The summed E-state index contributed by atoms with van der Waals surface area (Å²) in [6.07, 6.45) is 1.04. The van der Waals surface area contributed by atoms with Crippen LogP contribution in [0.15, 0.2) is 65.6 Å². The molecule has 0 radical (unpaired) electrons. The van der Waals surface area contributed by atoms with E-state index in [1.807, 2.05) is 6.92 Å². The number of halogens is 2. The van der Waals surface area contributed by atoms with Gasteiger partial charge >= 0.3 is 6.03 Å². The van der Waals surface area contributed by atoms with Gasteiger partial charge in [0, 0.05) is 22.8 Å². The Bertz CT molecular complexity index is 1450. The van der Waals surface area contributed by atoms with E-state index < -0.39 is 33.8 Å². The number of benzene rings is 3. The second-order valence-corrected chi connectivity index (χ2v) is 10.4. The van der Waals surface area contributed by atoms with Crippen molar-refractivity contribution in [3.05, 3.63) is 77.1 Å². The van der Waals surface area contributed by atoms with E-state index in [0.29, 0.717) is 30.1 Å². The first-order chi connectivity index (χ1) is 17.0. The van der Waals surface area contributed by atoms with Gasteiger partial charge in [-0.3, -0.25) is 4.79 Å². The maximum Gasteiger partial charge on any atom is 0.322 e. The smallest absolute Gasteiger partial charge is 0.322 e. The summed E-state index contributed by atoms with van der Waals surface area (Å²) in [5.41, 5.74) is 1.80. The Morgan fingerprint density at radius 2 is 1.81 bits per heavy atom. The first-order valence-corrected chi connectivity index (χ1v) is 13.0. The maximum absolute atomic E-state index is 14.9. The molecule has 11 heteroatoms. The largest absolute Gasteiger partial charge is 0.322 e. The Morgan fingerprint density at radius 3 is 2.53 bits per heavy atom. The van der Waals surface area contributed by atoms with Gasteiger partial charge < -0.3 is 15.5 Å². The number of sulfonamides is 1. The molecule has 0 saturated carbocycles. The number of likely N-dealkylation sites (tertiary alicyclic amines) is 1. The summed E-state index contributed by atoms with van der Waals surface area (Å²) in [6, 6.07) is 13.8. The number of hydrogen-bond donors (Lipinski definition) is 3. The maximum atomic E-state index is 14.9. The van der Waals surface area contributed by atoms with Gasteiger partial charge in [0.15, 0.2) is 0 Å². The van der Waals surface area contributed by atoms with Gasteiger partial charge in [-0.2, -0.15) is 0 Å². The lowest BCUT2D eigenvalue weighted by Gasteiger charge is -2.25. The van der Waals surface area contributed by atoms with E-state index in [2.05, 4.69) is 10.6 Å². The van der Waals surface area contributed by atoms with Crippen molar-refractivity contribution in [1.82, 2.24) is 4.90 Å². The van der Waals surface area contributed by atoms with Gasteiger partial charge in [-0.15, -0.1) is 0 Å². The van der Waals surface area contributed by atoms with E-state index in [1.165, 1.54) is 35.2 Å². The molecule has 1 unspecified atom stereocenters. The molecule has 3 aromatic rings. The average Bonchev–Trinajstić information content (AvgIpc) is 3.32. The van der Waals surface area contributed by atoms with Gasteiger partial charge in [0.2, 0.25) is 15.9 Å². The Kier molecular flexibility index (Phi) is 7.30. The zero-order valence-electron chi connectivity index (χ0n) is 19.3. The van der Waals surface area contributed by atoms with Crippen molar-refractivity contribution in [2.24, 2.45) is 5.14 Å². The average molecular weight is 531 g/mol. The van der Waals surface area contributed by atoms with Crippen LogP contribution in [0, 0.1) is 12.7 Å². The summed E-state index contributed by atoms with van der Waals surface area (Å²) in [6.45, 7) is 2.20. The van der Waals surface area contributed by atoms with Gasteiger partial charge in [-0.05, 0) is 61.2 Å². The zero-order valence-corrected chi connectivity index (χ0v) is 20.9. The van der Waals surface area contributed by atoms with Crippen molar-refractivity contribution in [1.29, 1.82) is 0 Å². The predicted octanol–water partition coefficient (Wildman–Crippen LogP) is 4.74. The van der Waals surface area contributed by atoms with Crippen LogP contribution in [0.25, 0.3) is 11.1 Å². The predicted molar refractivity (Wildman–Crippen MR) is 137 cm³/mol. The Balaban J connectivity index is 1.50. The van der Waals surface area contributed by atoms with Crippen molar-refractivity contribution >= 4 is 44.9 Å². The molecule has 8 nitrogen and oxygen atoms in total. The van der Waals surface area contributed by atoms with Crippen LogP contribution in [-0.2, 0) is 14.8 Å². The number of nitrogens with two attached hydrogens (primary N) is 1. The molecule has 0 aromatic heterocycles. The van der Waals surface area contributed by atoms with Gasteiger partial charge in [0.05, 0.1) is 10.6 Å². The molecule has 3 aromatic carbocycles. The van der Waals surface area contributed by atoms with E-state index in [9.17, 15) is 22.4 Å². The molecule has 1 aliphatic rings. The Hall–Kier alpha value is -3.47. The topological polar surface area (TPSA) is 122 Å². The molecule has 0 spiro atoms. The zero-order chi connectivity index (χ0) is 26.0. The van der Waals surface area contributed by atoms with Crippen molar-refractivity contribution in [2.45, 2.75) is 30.7 Å². The standard InChI is InChI=1S/C25H24ClFN4O4S/c1-15-8-10-17(26)14-21(15)30-25(33)31-12-4-6-22(31)24(32)29-20-11-9-16(13-19(20)27)18-5-2-3-7-23(18)36(28,34)35/h2-3,5,7-11,13-14,22H,4,6,12H2,1H3,(H,29,32)(H,30,33)(H2,28,34,35). The number of nitrogens with one attached hydrogen (secondary N) is 2. The van der Waals surface area contributed by atoms with Crippen LogP contribution >= 0.6 is 11.6 Å². The van der Waals surface area contributed by atoms with Gasteiger partial charge in [-0.1, -0.05) is 41.9 Å². The summed E-state index contributed by atoms with van der Waals surface area (Å²) in [7, 11) is -4.02. The lowest BCUT2D eigenvalue weighted by molar-refractivity contribution is -0.119. The molecule has 1 aliphatic heterocycles. The lowest BCUT2D eigenvalue weighted by Crippen LogP contribution is -2.45. The summed E-state index contributed by atoms with van der Waals surface area (Å²) in [4.78, 5) is 27.1. The van der Waals surface area contributed by atoms with Crippen LogP contribution in [-0.4, -0.2) is 37.8 Å². The SMILES string of the molecule is Cc1ccc(Cl)cc1NC(=O)N1CCCC1C(=O)Nc1ccc(-c2ccccc2S(N)(=O)=O)cc1F. The minimum Gasteiger partial charge on any atom is -0.322 e. The second kappa shape index (κ2) is 10.3. The normalized spacial score (nSPS) is 15.6. The molecule has 4 rings (SSSR count). The molecular weight excluding hydrogens is 507 g/mol. The molecule has 188 valence electrons. The number of anilines is 2. The third-order valence-electron chi connectivity index (χ3n) is 5.99. The highest BCUT2D eigenvalue weighted by atomic mass is 35.5. The van der Waals surface area contributed by atoms with Crippen LogP contribution in [0.3, 0.4) is 0 Å². The van der Waals surface area contributed by atoms with E-state index in [-0.39, 0.29) is 21.7 Å². The summed E-state index contributed by atoms with van der Waals surface area (Å²) in [5.74, 6) is -1.28. The van der Waals surface area contributed by atoms with Crippen molar-refractivity contribution in [2.75, 3.05) is 17.2 Å². The number of amides is 3. The van der Waals surface area contributed by atoms with E-state index in [1.54, 1.807) is 24.3 Å². The van der Waals surface area contributed by atoms with Gasteiger partial charge in [0.1, 0.15) is 11.9 Å². The molecule has 0 bridgehead atoms. The summed E-state index contributed by atoms with van der Waals surface area (Å²) < 4.78 is 38.7. The van der Waals surface area contributed by atoms with Crippen LogP contribution in [0.2, 0.25) is 5.02 Å². The second-order valence-electron chi connectivity index (χ2n) is 8.47. The summed E-state index contributed by atoms with van der Waals surface area (Å²) >= 11 is 6.02. The number of aryl methyl sites for hydroxylation is 1. The first kappa shape index (κ1) is 25.6. The quantitative estimate of drug-likeness (QED) is 0.441. The Labute approximate surface area is 213 Å². The number of hydrogen-bond acceptors (Lipinski definition) is 4.